The zero-order chi connectivity index (χ0) is 9.26. The van der Waals surface area contributed by atoms with E-state index >= 15 is 0 Å². The predicted molar refractivity (Wildman–Crippen MR) is 51.7 cm³/mol. The predicted octanol–water partition coefficient (Wildman–Crippen LogP) is 2.98. The normalized spacial score (nSPS) is 10.3. The van der Waals surface area contributed by atoms with E-state index in [1.54, 1.807) is 18.5 Å². The van der Waals surface area contributed by atoms with Crippen molar-refractivity contribution in [3.8, 4) is 11.1 Å². The van der Waals surface area contributed by atoms with Crippen molar-refractivity contribution in [2.45, 2.75) is 0 Å². The lowest BCUT2D eigenvalue weighted by Gasteiger charge is -1.98. The molecule has 66 valence electrons. The molecule has 2 nitrogen and oxygen atoms in total. The van der Waals surface area contributed by atoms with Crippen molar-refractivity contribution in [3.05, 3.63) is 40.9 Å². The topological polar surface area (TPSA) is 28.7 Å². The van der Waals surface area contributed by atoms with Crippen LogP contribution in [-0.2, 0) is 0 Å². The molecule has 1 heterocycles. The number of rotatable bonds is 1. The molecule has 1 aromatic heterocycles. The average molecular weight is 241 g/mol. The second-order valence-electron chi connectivity index (χ2n) is 2.62. The van der Waals surface area contributed by atoms with Crippen LogP contribution < -0.4 is 0 Å². The Labute approximate surface area is 82.9 Å². The van der Waals surface area contributed by atoms with E-state index in [-0.39, 0.29) is 5.82 Å². The van der Waals surface area contributed by atoms with Gasteiger partial charge in [-0.2, -0.15) is 5.10 Å². The zero-order valence-electron chi connectivity index (χ0n) is 6.59. The Morgan fingerprint density at radius 2 is 2.15 bits per heavy atom. The maximum atomic E-state index is 13.1. The van der Waals surface area contributed by atoms with E-state index in [2.05, 4.69) is 26.1 Å². The summed E-state index contributed by atoms with van der Waals surface area (Å²) in [6.45, 7) is 0. The Balaban J connectivity index is 2.49. The van der Waals surface area contributed by atoms with Gasteiger partial charge in [0.2, 0.25) is 0 Å². The third kappa shape index (κ3) is 1.62. The lowest BCUT2D eigenvalue weighted by atomic mass is 10.1. The number of H-pyrrole nitrogens is 1. The third-order valence-electron chi connectivity index (χ3n) is 1.75. The summed E-state index contributed by atoms with van der Waals surface area (Å²) in [5, 5.41) is 6.47. The molecule has 0 radical (unpaired) electrons. The minimum absolute atomic E-state index is 0.265. The SMILES string of the molecule is Fc1cc(-c2cn[nH]c2)ccc1Br. The van der Waals surface area contributed by atoms with Crippen molar-refractivity contribution in [3.63, 3.8) is 0 Å². The molecular weight excluding hydrogens is 235 g/mol. The summed E-state index contributed by atoms with van der Waals surface area (Å²) in [7, 11) is 0. The molecule has 0 saturated heterocycles. The fourth-order valence-electron chi connectivity index (χ4n) is 1.08. The van der Waals surface area contributed by atoms with Crippen LogP contribution in [0.4, 0.5) is 4.39 Å². The number of hydrogen-bond donors (Lipinski definition) is 1. The van der Waals surface area contributed by atoms with Crippen molar-refractivity contribution < 1.29 is 4.39 Å². The highest BCUT2D eigenvalue weighted by Gasteiger charge is 2.02. The molecule has 13 heavy (non-hydrogen) atoms. The number of aromatic nitrogens is 2. The van der Waals surface area contributed by atoms with Crippen LogP contribution in [0.2, 0.25) is 0 Å². The van der Waals surface area contributed by atoms with Gasteiger partial charge in [0, 0.05) is 11.8 Å². The van der Waals surface area contributed by atoms with Gasteiger partial charge in [-0.15, -0.1) is 0 Å². The Kier molecular flexibility index (Phi) is 2.14. The first-order valence-electron chi connectivity index (χ1n) is 3.71. The van der Waals surface area contributed by atoms with E-state index in [4.69, 9.17) is 0 Å². The molecule has 0 saturated carbocycles. The molecule has 0 aliphatic heterocycles. The van der Waals surface area contributed by atoms with Gasteiger partial charge in [0.1, 0.15) is 5.82 Å². The van der Waals surface area contributed by atoms with Crippen LogP contribution in [0.15, 0.2) is 35.1 Å². The van der Waals surface area contributed by atoms with Gasteiger partial charge in [-0.25, -0.2) is 4.39 Å². The zero-order valence-corrected chi connectivity index (χ0v) is 8.18. The molecule has 0 atom stereocenters. The molecular formula is C9H6BrFN2. The molecule has 1 aromatic carbocycles. The summed E-state index contributed by atoms with van der Waals surface area (Å²) < 4.78 is 13.6. The van der Waals surface area contributed by atoms with Crippen LogP contribution in [0, 0.1) is 5.82 Å². The van der Waals surface area contributed by atoms with E-state index in [1.807, 2.05) is 6.07 Å². The van der Waals surface area contributed by atoms with Crippen molar-refractivity contribution in [1.29, 1.82) is 0 Å². The summed E-state index contributed by atoms with van der Waals surface area (Å²) >= 11 is 3.09. The molecule has 2 aromatic rings. The van der Waals surface area contributed by atoms with Crippen LogP contribution in [-0.4, -0.2) is 10.2 Å². The first-order chi connectivity index (χ1) is 6.27. The van der Waals surface area contributed by atoms with E-state index in [1.165, 1.54) is 6.07 Å². The van der Waals surface area contributed by atoms with E-state index < -0.39 is 0 Å². The number of hydrogen-bond acceptors (Lipinski definition) is 1. The summed E-state index contributed by atoms with van der Waals surface area (Å²) in [5.41, 5.74) is 1.70. The molecule has 0 spiro atoms. The smallest absolute Gasteiger partial charge is 0.137 e. The monoisotopic (exact) mass is 240 g/mol. The number of nitrogens with one attached hydrogen (secondary N) is 1. The van der Waals surface area contributed by atoms with Crippen LogP contribution in [0.5, 0.6) is 0 Å². The molecule has 4 heteroatoms. The summed E-state index contributed by atoms with van der Waals surface area (Å²) in [6, 6.07) is 4.98. The van der Waals surface area contributed by atoms with Gasteiger partial charge in [-0.1, -0.05) is 6.07 Å². The van der Waals surface area contributed by atoms with E-state index in [0.717, 1.165) is 11.1 Å². The lowest BCUT2D eigenvalue weighted by Crippen LogP contribution is -1.79. The van der Waals surface area contributed by atoms with E-state index in [9.17, 15) is 4.39 Å². The maximum Gasteiger partial charge on any atom is 0.137 e. The van der Waals surface area contributed by atoms with Gasteiger partial charge in [0.15, 0.2) is 0 Å². The first kappa shape index (κ1) is 8.44. The van der Waals surface area contributed by atoms with Gasteiger partial charge in [-0.3, -0.25) is 5.10 Å². The van der Waals surface area contributed by atoms with Gasteiger partial charge in [0.25, 0.3) is 0 Å². The molecule has 0 unspecified atom stereocenters. The minimum Gasteiger partial charge on any atom is -0.285 e. The number of aromatic amines is 1. The van der Waals surface area contributed by atoms with Crippen LogP contribution in [0.25, 0.3) is 11.1 Å². The molecule has 0 aliphatic rings. The number of halogens is 2. The third-order valence-corrected chi connectivity index (χ3v) is 2.39. The largest absolute Gasteiger partial charge is 0.285 e. The highest BCUT2D eigenvalue weighted by molar-refractivity contribution is 9.10. The highest BCUT2D eigenvalue weighted by atomic mass is 79.9. The molecule has 0 aliphatic carbocycles. The lowest BCUT2D eigenvalue weighted by molar-refractivity contribution is 0.621. The Morgan fingerprint density at radius 3 is 2.77 bits per heavy atom. The molecule has 0 amide bonds. The van der Waals surface area contributed by atoms with Crippen molar-refractivity contribution in [2.24, 2.45) is 0 Å². The summed E-state index contributed by atoms with van der Waals surface area (Å²) in [5.74, 6) is -0.265. The number of nitrogens with zero attached hydrogens (tertiary/aromatic N) is 1. The van der Waals surface area contributed by atoms with Crippen LogP contribution >= 0.6 is 15.9 Å². The minimum atomic E-state index is -0.265. The van der Waals surface area contributed by atoms with Crippen molar-refractivity contribution in [1.82, 2.24) is 10.2 Å². The summed E-state index contributed by atoms with van der Waals surface area (Å²) in [6.07, 6.45) is 3.38. The first-order valence-corrected chi connectivity index (χ1v) is 4.51. The standard InChI is InChI=1S/C9H6BrFN2/c10-8-2-1-6(3-9(8)11)7-4-12-13-5-7/h1-5H,(H,12,13). The van der Waals surface area contributed by atoms with Crippen molar-refractivity contribution >= 4 is 15.9 Å². The fourth-order valence-corrected chi connectivity index (χ4v) is 1.33. The molecule has 2 rings (SSSR count). The van der Waals surface area contributed by atoms with Gasteiger partial charge in [0.05, 0.1) is 10.7 Å². The van der Waals surface area contributed by atoms with Gasteiger partial charge >= 0.3 is 0 Å². The van der Waals surface area contributed by atoms with E-state index in [0.29, 0.717) is 4.47 Å². The second-order valence-corrected chi connectivity index (χ2v) is 3.47. The Morgan fingerprint density at radius 1 is 1.31 bits per heavy atom. The van der Waals surface area contributed by atoms with Crippen molar-refractivity contribution in [2.75, 3.05) is 0 Å². The van der Waals surface area contributed by atoms with Crippen LogP contribution in [0.1, 0.15) is 0 Å². The molecule has 1 N–H and O–H groups in total. The Hall–Kier alpha value is -1.16. The average Bonchev–Trinajstić information content (AvgIpc) is 2.62. The molecule has 0 fully saturated rings. The van der Waals surface area contributed by atoms with Gasteiger partial charge in [-0.05, 0) is 33.6 Å². The fraction of sp³-hybridized carbons (Fsp3) is 0. The van der Waals surface area contributed by atoms with Gasteiger partial charge < -0.3 is 0 Å². The molecule has 0 bridgehead atoms. The quantitative estimate of drug-likeness (QED) is 0.816. The second kappa shape index (κ2) is 3.30. The summed E-state index contributed by atoms with van der Waals surface area (Å²) in [4.78, 5) is 0. The van der Waals surface area contributed by atoms with Crippen LogP contribution in [0.3, 0.4) is 0 Å². The highest BCUT2D eigenvalue weighted by Crippen LogP contribution is 2.23. The number of benzene rings is 1. The maximum absolute atomic E-state index is 13.1. The Bertz CT molecular complexity index is 412.